The fraction of sp³-hybridized carbons (Fsp3) is 0.333. The largest absolute Gasteiger partial charge is 0.310 e. The van der Waals surface area contributed by atoms with Gasteiger partial charge in [0.05, 0.1) is 6.54 Å². The Morgan fingerprint density at radius 3 is 3.15 bits per heavy atom. The molecule has 0 aliphatic rings. The quantitative estimate of drug-likeness (QED) is 0.753. The lowest BCUT2D eigenvalue weighted by atomic mass is 10.5. The smallest absolute Gasteiger partial charge is 0.165 e. The summed E-state index contributed by atoms with van der Waals surface area (Å²) in [5.74, 6) is 0.841. The van der Waals surface area contributed by atoms with Gasteiger partial charge < -0.3 is 5.32 Å². The molecule has 0 aliphatic heterocycles. The number of aromatic nitrogens is 3. The molecule has 1 N–H and O–H groups in total. The van der Waals surface area contributed by atoms with Crippen molar-refractivity contribution in [2.75, 3.05) is 6.54 Å². The highest BCUT2D eigenvalue weighted by Crippen LogP contribution is 1.99. The van der Waals surface area contributed by atoms with Crippen LogP contribution < -0.4 is 5.32 Å². The van der Waals surface area contributed by atoms with E-state index in [0.717, 1.165) is 24.6 Å². The Bertz CT molecular complexity index is 360. The summed E-state index contributed by atoms with van der Waals surface area (Å²) in [4.78, 5) is 4.34. The molecule has 4 heteroatoms. The van der Waals surface area contributed by atoms with Crippen molar-refractivity contribution in [2.45, 2.75) is 13.5 Å². The van der Waals surface area contributed by atoms with E-state index >= 15 is 0 Å². The van der Waals surface area contributed by atoms with Crippen molar-refractivity contribution in [2.24, 2.45) is 0 Å². The van der Waals surface area contributed by atoms with Crippen LogP contribution in [0.25, 0.3) is 5.65 Å². The van der Waals surface area contributed by atoms with Crippen molar-refractivity contribution >= 4 is 5.65 Å². The summed E-state index contributed by atoms with van der Waals surface area (Å²) < 4.78 is 1.78. The highest BCUT2D eigenvalue weighted by Gasteiger charge is 2.00. The van der Waals surface area contributed by atoms with E-state index in [1.54, 1.807) is 4.52 Å². The summed E-state index contributed by atoms with van der Waals surface area (Å²) >= 11 is 0. The number of hydrogen-bond acceptors (Lipinski definition) is 3. The van der Waals surface area contributed by atoms with Gasteiger partial charge in [-0.15, -0.1) is 5.10 Å². The maximum atomic E-state index is 4.34. The molecule has 0 saturated carbocycles. The van der Waals surface area contributed by atoms with Gasteiger partial charge in [0, 0.05) is 6.20 Å². The third-order valence-corrected chi connectivity index (χ3v) is 1.82. The Hall–Kier alpha value is -1.42. The second kappa shape index (κ2) is 3.53. The number of rotatable bonds is 3. The van der Waals surface area contributed by atoms with Crippen LogP contribution in [0.2, 0.25) is 0 Å². The Morgan fingerprint density at radius 1 is 1.46 bits per heavy atom. The lowest BCUT2D eigenvalue weighted by Gasteiger charge is -1.92. The normalized spacial score (nSPS) is 10.8. The minimum atomic E-state index is 0.734. The third kappa shape index (κ3) is 1.67. The van der Waals surface area contributed by atoms with Crippen molar-refractivity contribution in [1.29, 1.82) is 0 Å². The summed E-state index contributed by atoms with van der Waals surface area (Å²) in [5.41, 5.74) is 0.899. The van der Waals surface area contributed by atoms with E-state index in [0.29, 0.717) is 0 Å². The molecule has 0 spiro atoms. The van der Waals surface area contributed by atoms with E-state index in [9.17, 15) is 0 Å². The van der Waals surface area contributed by atoms with Crippen LogP contribution in [0.15, 0.2) is 24.4 Å². The lowest BCUT2D eigenvalue weighted by Crippen LogP contribution is -2.12. The van der Waals surface area contributed by atoms with Gasteiger partial charge in [-0.25, -0.2) is 9.50 Å². The van der Waals surface area contributed by atoms with Crippen LogP contribution >= 0.6 is 0 Å². The number of nitrogens with one attached hydrogen (secondary N) is 1. The van der Waals surface area contributed by atoms with Gasteiger partial charge in [-0.3, -0.25) is 0 Å². The Kier molecular flexibility index (Phi) is 2.23. The zero-order chi connectivity index (χ0) is 9.10. The molecule has 0 fully saturated rings. The average Bonchev–Trinajstić information content (AvgIpc) is 2.57. The molecule has 0 unspecified atom stereocenters. The SMILES string of the molecule is CCNCc1nc2ccccn2n1. The lowest BCUT2D eigenvalue weighted by molar-refractivity contribution is 0.688. The van der Waals surface area contributed by atoms with Crippen LogP contribution in [-0.2, 0) is 6.54 Å². The number of nitrogens with zero attached hydrogens (tertiary/aromatic N) is 3. The molecule has 0 saturated heterocycles. The minimum Gasteiger partial charge on any atom is -0.310 e. The van der Waals surface area contributed by atoms with Gasteiger partial charge in [-0.05, 0) is 18.7 Å². The first-order valence-electron chi connectivity index (χ1n) is 4.41. The number of pyridine rings is 1. The van der Waals surface area contributed by atoms with Crippen LogP contribution in [0.3, 0.4) is 0 Å². The monoisotopic (exact) mass is 176 g/mol. The zero-order valence-corrected chi connectivity index (χ0v) is 7.57. The molecule has 0 aliphatic carbocycles. The average molecular weight is 176 g/mol. The summed E-state index contributed by atoms with van der Waals surface area (Å²) in [6.07, 6.45) is 1.90. The number of fused-ring (bicyclic) bond motifs is 1. The maximum absolute atomic E-state index is 4.34. The van der Waals surface area contributed by atoms with Gasteiger partial charge in [0.25, 0.3) is 0 Å². The van der Waals surface area contributed by atoms with Crippen LogP contribution in [0.5, 0.6) is 0 Å². The molecular formula is C9H12N4. The van der Waals surface area contributed by atoms with Gasteiger partial charge in [-0.1, -0.05) is 13.0 Å². The first-order valence-corrected chi connectivity index (χ1v) is 4.41. The van der Waals surface area contributed by atoms with Crippen molar-refractivity contribution in [3.8, 4) is 0 Å². The molecular weight excluding hydrogens is 164 g/mol. The molecule has 0 radical (unpaired) electrons. The Balaban J connectivity index is 2.28. The molecule has 0 bridgehead atoms. The van der Waals surface area contributed by atoms with E-state index in [4.69, 9.17) is 0 Å². The van der Waals surface area contributed by atoms with Crippen LogP contribution in [0.1, 0.15) is 12.7 Å². The molecule has 2 aromatic heterocycles. The molecule has 0 amide bonds. The molecule has 2 rings (SSSR count). The minimum absolute atomic E-state index is 0.734. The molecule has 4 nitrogen and oxygen atoms in total. The Morgan fingerprint density at radius 2 is 2.38 bits per heavy atom. The molecule has 0 atom stereocenters. The molecule has 68 valence electrons. The molecule has 2 aromatic rings. The maximum Gasteiger partial charge on any atom is 0.165 e. The fourth-order valence-corrected chi connectivity index (χ4v) is 1.19. The first kappa shape index (κ1) is 8.19. The molecule has 13 heavy (non-hydrogen) atoms. The van der Waals surface area contributed by atoms with Crippen molar-refractivity contribution in [1.82, 2.24) is 19.9 Å². The van der Waals surface area contributed by atoms with Crippen LogP contribution in [0, 0.1) is 0 Å². The topological polar surface area (TPSA) is 42.2 Å². The van der Waals surface area contributed by atoms with E-state index in [1.807, 2.05) is 24.4 Å². The van der Waals surface area contributed by atoms with Gasteiger partial charge in [0.1, 0.15) is 0 Å². The van der Waals surface area contributed by atoms with Gasteiger partial charge in [0.2, 0.25) is 0 Å². The zero-order valence-electron chi connectivity index (χ0n) is 7.57. The second-order valence-electron chi connectivity index (χ2n) is 2.81. The van der Waals surface area contributed by atoms with Crippen molar-refractivity contribution in [3.05, 3.63) is 30.2 Å². The van der Waals surface area contributed by atoms with E-state index < -0.39 is 0 Å². The highest BCUT2D eigenvalue weighted by molar-refractivity contribution is 5.36. The van der Waals surface area contributed by atoms with Gasteiger partial charge in [0.15, 0.2) is 11.5 Å². The standard InChI is InChI=1S/C9H12N4/c1-2-10-7-8-11-9-5-3-4-6-13(9)12-8/h3-6,10H,2,7H2,1H3. The predicted molar refractivity (Wildman–Crippen MR) is 50.4 cm³/mol. The summed E-state index contributed by atoms with van der Waals surface area (Å²) in [5, 5.41) is 7.48. The van der Waals surface area contributed by atoms with E-state index in [-0.39, 0.29) is 0 Å². The van der Waals surface area contributed by atoms with Crippen LogP contribution in [-0.4, -0.2) is 21.1 Å². The molecule has 2 heterocycles. The number of hydrogen-bond donors (Lipinski definition) is 1. The van der Waals surface area contributed by atoms with Gasteiger partial charge in [-0.2, -0.15) is 0 Å². The third-order valence-electron chi connectivity index (χ3n) is 1.82. The molecule has 0 aromatic carbocycles. The second-order valence-corrected chi connectivity index (χ2v) is 2.81. The Labute approximate surface area is 76.6 Å². The van der Waals surface area contributed by atoms with Gasteiger partial charge >= 0.3 is 0 Å². The summed E-state index contributed by atoms with van der Waals surface area (Å²) in [7, 11) is 0. The van der Waals surface area contributed by atoms with E-state index in [2.05, 4.69) is 22.3 Å². The summed E-state index contributed by atoms with van der Waals surface area (Å²) in [6.45, 7) is 3.74. The van der Waals surface area contributed by atoms with E-state index in [1.165, 1.54) is 0 Å². The highest BCUT2D eigenvalue weighted by atomic mass is 15.3. The summed E-state index contributed by atoms with van der Waals surface area (Å²) in [6, 6.07) is 5.85. The fourth-order valence-electron chi connectivity index (χ4n) is 1.19. The van der Waals surface area contributed by atoms with Crippen molar-refractivity contribution < 1.29 is 0 Å². The predicted octanol–water partition coefficient (Wildman–Crippen LogP) is 0.839. The van der Waals surface area contributed by atoms with Crippen LogP contribution in [0.4, 0.5) is 0 Å². The van der Waals surface area contributed by atoms with Crippen molar-refractivity contribution in [3.63, 3.8) is 0 Å². The first-order chi connectivity index (χ1) is 6.40.